The Bertz CT molecular complexity index is 851. The molecule has 1 fully saturated rings. The number of carbonyl (C=O) groups excluding carboxylic acids is 2. The van der Waals surface area contributed by atoms with Crippen molar-refractivity contribution in [1.29, 1.82) is 0 Å². The van der Waals surface area contributed by atoms with Gasteiger partial charge in [0.25, 0.3) is 0 Å². The van der Waals surface area contributed by atoms with E-state index in [9.17, 15) is 14.0 Å². The van der Waals surface area contributed by atoms with E-state index in [1.165, 1.54) is 24.2 Å². The van der Waals surface area contributed by atoms with Gasteiger partial charge in [-0.15, -0.1) is 0 Å². The summed E-state index contributed by atoms with van der Waals surface area (Å²) in [5.41, 5.74) is 0.739. The maximum absolute atomic E-state index is 14.5. The minimum Gasteiger partial charge on any atom is -0.464 e. The number of amides is 2. The maximum Gasteiger partial charge on any atom is 0.414 e. The number of halogens is 2. The molecule has 6 nitrogen and oxygen atoms in total. The zero-order chi connectivity index (χ0) is 18.7. The molecule has 0 spiro atoms. The first-order chi connectivity index (χ1) is 12.4. The van der Waals surface area contributed by atoms with E-state index < -0.39 is 18.0 Å². The Labute approximate surface area is 157 Å². The summed E-state index contributed by atoms with van der Waals surface area (Å²) in [6.45, 7) is 1.85. The lowest BCUT2D eigenvalue weighted by atomic mass is 10.1. The van der Waals surface area contributed by atoms with E-state index in [0.29, 0.717) is 21.5 Å². The van der Waals surface area contributed by atoms with Crippen molar-refractivity contribution in [2.45, 2.75) is 13.0 Å². The molecule has 2 amide bonds. The molecular formula is C18H16BrFN2O4. The fraction of sp³-hybridized carbons (Fsp3) is 0.222. The lowest BCUT2D eigenvalue weighted by Crippen LogP contribution is -2.33. The monoisotopic (exact) mass is 422 g/mol. The van der Waals surface area contributed by atoms with Gasteiger partial charge in [-0.2, -0.15) is 0 Å². The van der Waals surface area contributed by atoms with E-state index in [1.807, 2.05) is 0 Å². The fourth-order valence-electron chi connectivity index (χ4n) is 2.52. The van der Waals surface area contributed by atoms with E-state index in [-0.39, 0.29) is 19.0 Å². The van der Waals surface area contributed by atoms with Gasteiger partial charge in [-0.1, -0.05) is 0 Å². The normalized spacial score (nSPS) is 17.3. The van der Waals surface area contributed by atoms with Crippen LogP contribution in [0.1, 0.15) is 18.2 Å². The van der Waals surface area contributed by atoms with Crippen LogP contribution in [0.2, 0.25) is 0 Å². The molecule has 0 bridgehead atoms. The minimum atomic E-state index is -0.570. The van der Waals surface area contributed by atoms with Gasteiger partial charge in [0, 0.05) is 12.5 Å². The zero-order valence-electron chi connectivity index (χ0n) is 13.9. The first-order valence-corrected chi connectivity index (χ1v) is 8.66. The van der Waals surface area contributed by atoms with Crippen molar-refractivity contribution in [3.63, 3.8) is 0 Å². The summed E-state index contributed by atoms with van der Waals surface area (Å²) in [6.07, 6.45) is 2.09. The van der Waals surface area contributed by atoms with Crippen LogP contribution in [0.4, 0.5) is 14.9 Å². The number of anilines is 1. The number of benzene rings is 1. The summed E-state index contributed by atoms with van der Waals surface area (Å²) in [5.74, 6) is -0.106. The molecule has 1 N–H and O–H groups in total. The summed E-state index contributed by atoms with van der Waals surface area (Å²) < 4.78 is 25.5. The first-order valence-electron chi connectivity index (χ1n) is 7.87. The second kappa shape index (κ2) is 7.74. The smallest absolute Gasteiger partial charge is 0.414 e. The van der Waals surface area contributed by atoms with Crippen LogP contribution in [0.5, 0.6) is 0 Å². The van der Waals surface area contributed by atoms with E-state index in [0.717, 1.165) is 0 Å². The molecule has 3 rings (SSSR count). The van der Waals surface area contributed by atoms with E-state index in [1.54, 1.807) is 30.3 Å². The molecule has 136 valence electrons. The molecular weight excluding hydrogens is 407 g/mol. The number of cyclic esters (lactones) is 1. The topological polar surface area (TPSA) is 71.8 Å². The highest BCUT2D eigenvalue weighted by atomic mass is 79.9. The number of ether oxygens (including phenoxy) is 1. The van der Waals surface area contributed by atoms with Gasteiger partial charge < -0.3 is 14.5 Å². The predicted octanol–water partition coefficient (Wildman–Crippen LogP) is 3.77. The largest absolute Gasteiger partial charge is 0.464 e. The van der Waals surface area contributed by atoms with Crippen LogP contribution >= 0.6 is 15.9 Å². The number of nitrogens with zero attached hydrogens (tertiary/aromatic N) is 1. The molecule has 8 heteroatoms. The SMILES string of the molecule is CC(=O)NC[C@H]1CN(c2ccc(/C=C(\Br)c3ccco3)c(F)c2)C(=O)O1. The average molecular weight is 423 g/mol. The van der Waals surface area contributed by atoms with Crippen LogP contribution in [0.25, 0.3) is 10.6 Å². The van der Waals surface area contributed by atoms with Gasteiger partial charge >= 0.3 is 6.09 Å². The second-order valence-electron chi connectivity index (χ2n) is 5.73. The maximum atomic E-state index is 14.5. The third kappa shape index (κ3) is 4.13. The molecule has 26 heavy (non-hydrogen) atoms. The van der Waals surface area contributed by atoms with Crippen molar-refractivity contribution in [2.75, 3.05) is 18.0 Å². The van der Waals surface area contributed by atoms with Gasteiger partial charge in [0.05, 0.1) is 29.5 Å². The molecule has 2 heterocycles. The number of nitrogens with one attached hydrogen (secondary N) is 1. The summed E-state index contributed by atoms with van der Waals surface area (Å²) in [7, 11) is 0. The molecule has 0 unspecified atom stereocenters. The minimum absolute atomic E-state index is 0.205. The molecule has 0 aliphatic carbocycles. The van der Waals surface area contributed by atoms with Crippen LogP contribution in [-0.2, 0) is 9.53 Å². The first kappa shape index (κ1) is 18.2. The van der Waals surface area contributed by atoms with Gasteiger partial charge in [0.2, 0.25) is 5.91 Å². The van der Waals surface area contributed by atoms with E-state index in [2.05, 4.69) is 21.2 Å². The molecule has 1 atom stereocenters. The summed E-state index contributed by atoms with van der Waals surface area (Å²) in [4.78, 5) is 24.3. The Morgan fingerprint density at radius 1 is 1.46 bits per heavy atom. The third-order valence-electron chi connectivity index (χ3n) is 3.79. The molecule has 0 radical (unpaired) electrons. The Morgan fingerprint density at radius 2 is 2.27 bits per heavy atom. The Hall–Kier alpha value is -2.61. The van der Waals surface area contributed by atoms with E-state index >= 15 is 0 Å². The molecule has 1 aliphatic heterocycles. The lowest BCUT2D eigenvalue weighted by molar-refractivity contribution is -0.119. The summed E-state index contributed by atoms with van der Waals surface area (Å²) >= 11 is 3.35. The van der Waals surface area contributed by atoms with Crippen LogP contribution in [-0.4, -0.2) is 31.2 Å². The average Bonchev–Trinajstić information content (AvgIpc) is 3.24. The molecule has 1 saturated heterocycles. The lowest BCUT2D eigenvalue weighted by Gasteiger charge is -2.14. The van der Waals surface area contributed by atoms with Gasteiger partial charge in [-0.3, -0.25) is 9.69 Å². The molecule has 1 aliphatic rings. The highest BCUT2D eigenvalue weighted by Crippen LogP contribution is 2.28. The van der Waals surface area contributed by atoms with Crippen LogP contribution in [0.15, 0.2) is 41.0 Å². The molecule has 0 saturated carbocycles. The summed E-state index contributed by atoms with van der Waals surface area (Å²) in [6, 6.07) is 7.97. The Morgan fingerprint density at radius 3 is 2.92 bits per heavy atom. The van der Waals surface area contributed by atoms with Crippen LogP contribution in [0.3, 0.4) is 0 Å². The van der Waals surface area contributed by atoms with E-state index in [4.69, 9.17) is 9.15 Å². The van der Waals surface area contributed by atoms with Gasteiger partial charge in [-0.25, -0.2) is 9.18 Å². The number of rotatable bonds is 5. The second-order valence-corrected chi connectivity index (χ2v) is 6.58. The van der Waals surface area contributed by atoms with Crippen LogP contribution < -0.4 is 10.2 Å². The van der Waals surface area contributed by atoms with Gasteiger partial charge in [0.15, 0.2) is 0 Å². The highest BCUT2D eigenvalue weighted by Gasteiger charge is 2.32. The highest BCUT2D eigenvalue weighted by molar-refractivity contribution is 9.15. The number of carbonyl (C=O) groups is 2. The van der Waals surface area contributed by atoms with Crippen molar-refractivity contribution in [3.05, 3.63) is 53.7 Å². The number of hydrogen-bond donors (Lipinski definition) is 1. The molecule has 1 aromatic heterocycles. The van der Waals surface area contributed by atoms with Crippen molar-refractivity contribution < 1.29 is 23.1 Å². The standard InChI is InChI=1S/C18H16BrFN2O4/c1-11(23)21-9-14-10-22(18(24)26-14)13-5-4-12(16(20)8-13)7-15(19)17-3-2-6-25-17/h2-8,14H,9-10H2,1H3,(H,21,23)/b15-7-/t14-/m0/s1. The third-order valence-corrected chi connectivity index (χ3v) is 4.41. The van der Waals surface area contributed by atoms with Crippen molar-refractivity contribution in [3.8, 4) is 0 Å². The molecule has 1 aromatic carbocycles. The Balaban J connectivity index is 1.74. The summed E-state index contributed by atoms with van der Waals surface area (Å²) in [5, 5.41) is 2.60. The predicted molar refractivity (Wildman–Crippen MR) is 98.2 cm³/mol. The quantitative estimate of drug-likeness (QED) is 0.795. The van der Waals surface area contributed by atoms with Crippen molar-refractivity contribution >= 4 is 44.2 Å². The van der Waals surface area contributed by atoms with Crippen molar-refractivity contribution in [2.24, 2.45) is 0 Å². The Kier molecular flexibility index (Phi) is 5.41. The van der Waals surface area contributed by atoms with Crippen LogP contribution in [0, 0.1) is 5.82 Å². The van der Waals surface area contributed by atoms with Crippen molar-refractivity contribution in [1.82, 2.24) is 5.32 Å². The number of furan rings is 1. The number of hydrogen-bond acceptors (Lipinski definition) is 4. The fourth-order valence-corrected chi connectivity index (χ4v) is 2.99. The van der Waals surface area contributed by atoms with Gasteiger partial charge in [0.1, 0.15) is 17.7 Å². The zero-order valence-corrected chi connectivity index (χ0v) is 15.5. The van der Waals surface area contributed by atoms with Gasteiger partial charge in [-0.05, 0) is 52.3 Å². The molecule has 2 aromatic rings.